The minimum absolute atomic E-state index is 0.194. The maximum absolute atomic E-state index is 12.2. The summed E-state index contributed by atoms with van der Waals surface area (Å²) in [6, 6.07) is 1.51. The molecule has 2 N–H and O–H groups in total. The minimum atomic E-state index is -0.413. The summed E-state index contributed by atoms with van der Waals surface area (Å²) in [5.74, 6) is -0.201. The van der Waals surface area contributed by atoms with Gasteiger partial charge in [0.2, 0.25) is 11.0 Å². The summed E-state index contributed by atoms with van der Waals surface area (Å²) < 4.78 is 0. The molecule has 7 nitrogen and oxygen atoms in total. The van der Waals surface area contributed by atoms with Crippen LogP contribution in [0.5, 0.6) is 0 Å². The van der Waals surface area contributed by atoms with Crippen molar-refractivity contribution in [3.05, 3.63) is 27.1 Å². The number of aromatic nitrogens is 4. The number of aromatic amines is 1. The summed E-state index contributed by atoms with van der Waals surface area (Å²) in [6.07, 6.45) is 2.78. The molecule has 1 atom stereocenters. The van der Waals surface area contributed by atoms with Gasteiger partial charge in [0.15, 0.2) is 5.16 Å². The van der Waals surface area contributed by atoms with E-state index < -0.39 is 5.25 Å². The quantitative estimate of drug-likeness (QED) is 0.585. The Balaban J connectivity index is 2.01. The molecule has 2 rings (SSSR count). The fourth-order valence-corrected chi connectivity index (χ4v) is 3.23. The van der Waals surface area contributed by atoms with Gasteiger partial charge in [-0.1, -0.05) is 36.4 Å². The van der Waals surface area contributed by atoms with Crippen LogP contribution in [0.3, 0.4) is 0 Å². The molecule has 0 fully saturated rings. The Morgan fingerprint density at radius 2 is 2.26 bits per heavy atom. The van der Waals surface area contributed by atoms with Gasteiger partial charge in [0.25, 0.3) is 5.56 Å². The summed E-state index contributed by atoms with van der Waals surface area (Å²) in [5, 5.41) is 11.7. The van der Waals surface area contributed by atoms with E-state index in [9.17, 15) is 9.59 Å². The molecule has 2 aromatic heterocycles. The van der Waals surface area contributed by atoms with E-state index in [1.54, 1.807) is 6.92 Å². The molecule has 0 aliphatic rings. The van der Waals surface area contributed by atoms with Crippen molar-refractivity contribution in [3.8, 4) is 0 Å². The Hall–Kier alpha value is -1.74. The first kappa shape index (κ1) is 17.6. The molecule has 23 heavy (non-hydrogen) atoms. The van der Waals surface area contributed by atoms with Gasteiger partial charge in [-0.25, -0.2) is 4.98 Å². The highest BCUT2D eigenvalue weighted by Gasteiger charge is 2.17. The lowest BCUT2D eigenvalue weighted by atomic mass is 10.2. The third-order valence-corrected chi connectivity index (χ3v) is 4.71. The molecule has 0 radical (unpaired) electrons. The lowest BCUT2D eigenvalue weighted by molar-refractivity contribution is -0.115. The number of hydrogen-bond acceptors (Lipinski definition) is 7. The maximum Gasteiger partial charge on any atom is 0.251 e. The molecule has 2 aromatic rings. The lowest BCUT2D eigenvalue weighted by Gasteiger charge is -2.10. The van der Waals surface area contributed by atoms with Crippen LogP contribution < -0.4 is 10.9 Å². The smallest absolute Gasteiger partial charge is 0.251 e. The number of rotatable bonds is 7. The molecule has 9 heteroatoms. The van der Waals surface area contributed by atoms with E-state index in [2.05, 4.69) is 32.4 Å². The fourth-order valence-electron chi connectivity index (χ4n) is 1.80. The number of unbranched alkanes of at least 4 members (excludes halogenated alkanes) is 1. The summed E-state index contributed by atoms with van der Waals surface area (Å²) in [6.45, 7) is 5.67. The molecule has 0 aliphatic carbocycles. The third kappa shape index (κ3) is 5.43. The van der Waals surface area contributed by atoms with E-state index in [4.69, 9.17) is 0 Å². The second kappa shape index (κ2) is 8.21. The van der Waals surface area contributed by atoms with Crippen molar-refractivity contribution in [3.63, 3.8) is 0 Å². The molecule has 0 bridgehead atoms. The predicted octanol–water partition coefficient (Wildman–Crippen LogP) is 2.39. The van der Waals surface area contributed by atoms with Crippen LogP contribution in [0, 0.1) is 6.92 Å². The number of H-pyrrole nitrogens is 1. The SMILES string of the molecule is CCCCc1cc(=O)[nH]c(SC(C)C(=O)Nc2nnc(C)s2)n1. The second-order valence-corrected chi connectivity index (χ2v) is 7.53. The lowest BCUT2D eigenvalue weighted by Crippen LogP contribution is -2.23. The molecule has 124 valence electrons. The van der Waals surface area contributed by atoms with Crippen molar-refractivity contribution < 1.29 is 4.79 Å². The van der Waals surface area contributed by atoms with Crippen LogP contribution in [0.1, 0.15) is 37.4 Å². The molecule has 1 unspecified atom stereocenters. The monoisotopic (exact) mass is 353 g/mol. The van der Waals surface area contributed by atoms with Crippen LogP contribution in [0.2, 0.25) is 0 Å². The van der Waals surface area contributed by atoms with E-state index in [0.717, 1.165) is 30.0 Å². The highest BCUT2D eigenvalue weighted by molar-refractivity contribution is 8.00. The number of amides is 1. The average Bonchev–Trinajstić information content (AvgIpc) is 2.89. The van der Waals surface area contributed by atoms with E-state index in [0.29, 0.717) is 10.3 Å². The van der Waals surface area contributed by atoms with Crippen LogP contribution in [-0.4, -0.2) is 31.3 Å². The molecule has 1 amide bonds. The first-order chi connectivity index (χ1) is 11.0. The van der Waals surface area contributed by atoms with Gasteiger partial charge in [0.1, 0.15) is 5.01 Å². The van der Waals surface area contributed by atoms with Crippen LogP contribution in [0.15, 0.2) is 16.0 Å². The first-order valence-electron chi connectivity index (χ1n) is 7.35. The third-order valence-electron chi connectivity index (χ3n) is 2.97. The number of anilines is 1. The maximum atomic E-state index is 12.2. The highest BCUT2D eigenvalue weighted by Crippen LogP contribution is 2.21. The standard InChI is InChI=1S/C14H19N5O2S2/c1-4-5-6-10-7-11(20)16-13(15-10)22-8(2)12(21)17-14-19-18-9(3)23-14/h7-8H,4-6H2,1-3H3,(H,15,16,20)(H,17,19,21). The minimum Gasteiger partial charge on any atom is -0.301 e. The van der Waals surface area contributed by atoms with Gasteiger partial charge in [0, 0.05) is 11.8 Å². The van der Waals surface area contributed by atoms with Crippen LogP contribution in [0.25, 0.3) is 0 Å². The van der Waals surface area contributed by atoms with E-state index in [1.165, 1.54) is 29.2 Å². The highest BCUT2D eigenvalue weighted by atomic mass is 32.2. The Morgan fingerprint density at radius 1 is 1.48 bits per heavy atom. The van der Waals surface area contributed by atoms with Crippen molar-refractivity contribution in [1.82, 2.24) is 20.2 Å². The molecule has 0 aromatic carbocycles. The molecule has 0 saturated heterocycles. The second-order valence-electron chi connectivity index (χ2n) is 5.02. The number of aryl methyl sites for hydroxylation is 2. The summed E-state index contributed by atoms with van der Waals surface area (Å²) in [7, 11) is 0. The van der Waals surface area contributed by atoms with Crippen LogP contribution in [0.4, 0.5) is 5.13 Å². The largest absolute Gasteiger partial charge is 0.301 e. The number of carbonyl (C=O) groups excluding carboxylic acids is 1. The van der Waals surface area contributed by atoms with E-state index in [1.807, 2.05) is 6.92 Å². The van der Waals surface area contributed by atoms with Gasteiger partial charge >= 0.3 is 0 Å². The van der Waals surface area contributed by atoms with Crippen molar-refractivity contribution in [2.75, 3.05) is 5.32 Å². The van der Waals surface area contributed by atoms with Gasteiger partial charge in [-0.3, -0.25) is 14.9 Å². The van der Waals surface area contributed by atoms with Gasteiger partial charge in [-0.15, -0.1) is 10.2 Å². The number of nitrogens with zero attached hydrogens (tertiary/aromatic N) is 3. The molecular formula is C14H19N5O2S2. The summed E-state index contributed by atoms with van der Waals surface area (Å²) in [5.41, 5.74) is 0.561. The normalized spacial score (nSPS) is 12.1. The Morgan fingerprint density at radius 3 is 2.91 bits per heavy atom. The zero-order chi connectivity index (χ0) is 16.8. The fraction of sp³-hybridized carbons (Fsp3) is 0.500. The van der Waals surface area contributed by atoms with Crippen molar-refractivity contribution in [2.45, 2.75) is 50.4 Å². The Kier molecular flexibility index (Phi) is 6.28. The summed E-state index contributed by atoms with van der Waals surface area (Å²) >= 11 is 2.53. The first-order valence-corrected chi connectivity index (χ1v) is 9.05. The summed E-state index contributed by atoms with van der Waals surface area (Å²) in [4.78, 5) is 30.9. The molecule has 0 saturated carbocycles. The van der Waals surface area contributed by atoms with Crippen LogP contribution >= 0.6 is 23.1 Å². The van der Waals surface area contributed by atoms with Gasteiger partial charge in [-0.2, -0.15) is 0 Å². The zero-order valence-electron chi connectivity index (χ0n) is 13.3. The van der Waals surface area contributed by atoms with Crippen molar-refractivity contribution >= 4 is 34.1 Å². The zero-order valence-corrected chi connectivity index (χ0v) is 14.9. The number of thioether (sulfide) groups is 1. The molecule has 2 heterocycles. The number of hydrogen-bond donors (Lipinski definition) is 2. The topological polar surface area (TPSA) is 101 Å². The van der Waals surface area contributed by atoms with Gasteiger partial charge < -0.3 is 4.98 Å². The van der Waals surface area contributed by atoms with Crippen molar-refractivity contribution in [1.29, 1.82) is 0 Å². The number of carbonyl (C=O) groups is 1. The molecular weight excluding hydrogens is 334 g/mol. The Labute approximate surface area is 142 Å². The predicted molar refractivity (Wildman–Crippen MR) is 92.1 cm³/mol. The van der Waals surface area contributed by atoms with E-state index >= 15 is 0 Å². The van der Waals surface area contributed by atoms with E-state index in [-0.39, 0.29) is 11.5 Å². The average molecular weight is 353 g/mol. The van der Waals surface area contributed by atoms with Gasteiger partial charge in [-0.05, 0) is 26.7 Å². The van der Waals surface area contributed by atoms with Gasteiger partial charge in [0.05, 0.1) is 5.25 Å². The van der Waals surface area contributed by atoms with Crippen molar-refractivity contribution in [2.24, 2.45) is 0 Å². The Bertz CT molecular complexity index is 728. The molecule has 0 aliphatic heterocycles. The number of nitrogens with one attached hydrogen (secondary N) is 2. The van der Waals surface area contributed by atoms with Crippen LogP contribution in [-0.2, 0) is 11.2 Å². The molecule has 0 spiro atoms.